The first-order valence-electron chi connectivity index (χ1n) is 10.2. The Hall–Kier alpha value is -2.06. The number of benzene rings is 2. The topological polar surface area (TPSA) is 55.4 Å². The summed E-state index contributed by atoms with van der Waals surface area (Å²) in [6.07, 6.45) is -0.909. The zero-order valence-electron chi connectivity index (χ0n) is 17.1. The maximum Gasteiger partial charge on any atom is 0.186 e. The van der Waals surface area contributed by atoms with Crippen LogP contribution in [0.5, 0.6) is 0 Å². The Balaban J connectivity index is 1.54. The highest BCUT2D eigenvalue weighted by Gasteiger charge is 2.51. The monoisotopic (exact) mass is 412 g/mol. The van der Waals surface area contributed by atoms with Gasteiger partial charge in [0, 0.05) is 12.7 Å². The Morgan fingerprint density at radius 3 is 2.40 bits per heavy atom. The Kier molecular flexibility index (Phi) is 7.28. The Labute approximate surface area is 177 Å². The minimum absolute atomic E-state index is 0.318. The predicted octanol–water partition coefficient (Wildman–Crippen LogP) is 3.63. The number of rotatable bonds is 8. The van der Waals surface area contributed by atoms with E-state index >= 15 is 0 Å². The molecule has 6 atom stereocenters. The third kappa shape index (κ3) is 4.81. The number of ether oxygens (including phenoxy) is 6. The molecule has 2 aliphatic heterocycles. The van der Waals surface area contributed by atoms with Gasteiger partial charge in [-0.1, -0.05) is 66.7 Å². The molecule has 0 radical (unpaired) electrons. The Bertz CT molecular complexity index is 777. The van der Waals surface area contributed by atoms with Crippen LogP contribution in [0, 0.1) is 0 Å². The number of hydrogen-bond acceptors (Lipinski definition) is 6. The van der Waals surface area contributed by atoms with Crippen LogP contribution in [0.15, 0.2) is 73.3 Å². The van der Waals surface area contributed by atoms with Gasteiger partial charge in [0.25, 0.3) is 0 Å². The van der Waals surface area contributed by atoms with Crippen molar-refractivity contribution in [1.29, 1.82) is 0 Å². The standard InChI is InChI=1S/C24H28O6/c1-3-14-26-21-20-19(16-28-23(30-20)18-12-8-5-9-13-18)29-24(25-2)22(21)27-15-17-10-6-4-7-11-17/h3-13,19-24H,1,14-16H2,2H3/t19-,20+,21-,22+,23+,24-/m1/s1. The fourth-order valence-electron chi connectivity index (χ4n) is 3.83. The lowest BCUT2D eigenvalue weighted by molar-refractivity contribution is -0.367. The predicted molar refractivity (Wildman–Crippen MR) is 111 cm³/mol. The zero-order valence-corrected chi connectivity index (χ0v) is 17.1. The molecule has 0 aliphatic carbocycles. The lowest BCUT2D eigenvalue weighted by atomic mass is 9.97. The van der Waals surface area contributed by atoms with Crippen molar-refractivity contribution in [1.82, 2.24) is 0 Å². The van der Waals surface area contributed by atoms with Crippen LogP contribution in [0.1, 0.15) is 17.4 Å². The van der Waals surface area contributed by atoms with Crippen molar-refractivity contribution in [2.75, 3.05) is 20.3 Å². The summed E-state index contributed by atoms with van der Waals surface area (Å²) in [5, 5.41) is 0. The van der Waals surface area contributed by atoms with E-state index < -0.39 is 24.8 Å². The molecule has 6 heteroatoms. The van der Waals surface area contributed by atoms with Crippen LogP contribution in [-0.2, 0) is 35.0 Å². The van der Waals surface area contributed by atoms with Crippen LogP contribution in [0.4, 0.5) is 0 Å². The van der Waals surface area contributed by atoms with Crippen LogP contribution < -0.4 is 0 Å². The molecule has 2 aromatic carbocycles. The Morgan fingerprint density at radius 2 is 1.70 bits per heavy atom. The molecule has 2 aromatic rings. The first-order valence-corrected chi connectivity index (χ1v) is 10.2. The van der Waals surface area contributed by atoms with E-state index in [2.05, 4.69) is 6.58 Å². The van der Waals surface area contributed by atoms with Gasteiger partial charge in [-0.25, -0.2) is 0 Å². The van der Waals surface area contributed by atoms with Crippen molar-refractivity contribution >= 4 is 0 Å². The van der Waals surface area contributed by atoms with Crippen molar-refractivity contribution in [3.05, 3.63) is 84.4 Å². The van der Waals surface area contributed by atoms with E-state index in [1.54, 1.807) is 13.2 Å². The highest BCUT2D eigenvalue weighted by Crippen LogP contribution is 2.36. The summed E-state index contributed by atoms with van der Waals surface area (Å²) in [4.78, 5) is 0. The van der Waals surface area contributed by atoms with Crippen LogP contribution in [0.2, 0.25) is 0 Å². The summed E-state index contributed by atoms with van der Waals surface area (Å²) in [5.41, 5.74) is 2.01. The van der Waals surface area contributed by atoms with E-state index in [1.807, 2.05) is 60.7 Å². The van der Waals surface area contributed by atoms with Gasteiger partial charge in [-0.05, 0) is 5.56 Å². The van der Waals surface area contributed by atoms with E-state index in [0.29, 0.717) is 19.8 Å². The van der Waals surface area contributed by atoms with Crippen molar-refractivity contribution < 1.29 is 28.4 Å². The summed E-state index contributed by atoms with van der Waals surface area (Å²) < 4.78 is 36.4. The minimum atomic E-state index is -0.592. The maximum atomic E-state index is 6.32. The zero-order chi connectivity index (χ0) is 20.8. The van der Waals surface area contributed by atoms with Gasteiger partial charge in [0.1, 0.15) is 24.4 Å². The molecule has 0 N–H and O–H groups in total. The fraction of sp³-hybridized carbons (Fsp3) is 0.417. The molecule has 6 nitrogen and oxygen atoms in total. The maximum absolute atomic E-state index is 6.32. The highest BCUT2D eigenvalue weighted by atomic mass is 16.8. The lowest BCUT2D eigenvalue weighted by Crippen LogP contribution is -2.63. The van der Waals surface area contributed by atoms with Gasteiger partial charge >= 0.3 is 0 Å². The second kappa shape index (κ2) is 10.3. The van der Waals surface area contributed by atoms with Gasteiger partial charge in [0.05, 0.1) is 19.8 Å². The molecule has 0 saturated carbocycles. The average Bonchev–Trinajstić information content (AvgIpc) is 2.82. The molecule has 160 valence electrons. The van der Waals surface area contributed by atoms with E-state index in [9.17, 15) is 0 Å². The van der Waals surface area contributed by atoms with Crippen molar-refractivity contribution in [2.24, 2.45) is 0 Å². The number of fused-ring (bicyclic) bond motifs is 1. The van der Waals surface area contributed by atoms with Gasteiger partial charge in [-0.15, -0.1) is 6.58 Å². The molecule has 0 spiro atoms. The Morgan fingerprint density at radius 1 is 0.967 bits per heavy atom. The van der Waals surface area contributed by atoms with Crippen molar-refractivity contribution in [2.45, 2.75) is 43.6 Å². The second-order valence-electron chi connectivity index (χ2n) is 7.30. The summed E-state index contributed by atoms with van der Waals surface area (Å²) >= 11 is 0. The van der Waals surface area contributed by atoms with Crippen molar-refractivity contribution in [3.63, 3.8) is 0 Å². The van der Waals surface area contributed by atoms with Gasteiger partial charge < -0.3 is 28.4 Å². The SMILES string of the molecule is C=CCO[C@H]1[C@H](OCc2ccccc2)[C@H](OC)O[C@@H]2CO[C@H](c3ccccc3)O[C@H]12. The highest BCUT2D eigenvalue weighted by molar-refractivity contribution is 5.17. The van der Waals surface area contributed by atoms with Crippen LogP contribution in [-0.4, -0.2) is 51.0 Å². The molecule has 2 aliphatic rings. The molecule has 0 bridgehead atoms. The van der Waals surface area contributed by atoms with Gasteiger partial charge in [-0.3, -0.25) is 0 Å². The smallest absolute Gasteiger partial charge is 0.186 e. The molecular formula is C24H28O6. The van der Waals surface area contributed by atoms with Crippen LogP contribution >= 0.6 is 0 Å². The third-order valence-electron chi connectivity index (χ3n) is 5.28. The van der Waals surface area contributed by atoms with E-state index in [1.165, 1.54) is 0 Å². The summed E-state index contributed by atoms with van der Waals surface area (Å²) in [7, 11) is 1.60. The first kappa shape index (κ1) is 21.2. The quantitative estimate of drug-likeness (QED) is 0.617. The molecular weight excluding hydrogens is 384 g/mol. The van der Waals surface area contributed by atoms with E-state index in [4.69, 9.17) is 28.4 Å². The van der Waals surface area contributed by atoms with Crippen LogP contribution in [0.3, 0.4) is 0 Å². The molecule has 2 fully saturated rings. The largest absolute Gasteiger partial charge is 0.368 e. The van der Waals surface area contributed by atoms with E-state index in [0.717, 1.165) is 11.1 Å². The average molecular weight is 412 g/mol. The number of methoxy groups -OCH3 is 1. The molecule has 30 heavy (non-hydrogen) atoms. The third-order valence-corrected chi connectivity index (χ3v) is 5.28. The first-order chi connectivity index (χ1) is 14.8. The lowest BCUT2D eigenvalue weighted by Gasteiger charge is -2.48. The molecule has 2 saturated heterocycles. The van der Waals surface area contributed by atoms with E-state index in [-0.39, 0.29) is 12.2 Å². The van der Waals surface area contributed by atoms with Gasteiger partial charge in [0.15, 0.2) is 12.6 Å². The molecule has 0 aromatic heterocycles. The normalized spacial score (nSPS) is 31.1. The summed E-state index contributed by atoms with van der Waals surface area (Å²) in [5.74, 6) is 0. The summed E-state index contributed by atoms with van der Waals surface area (Å²) in [6, 6.07) is 19.8. The molecule has 0 unspecified atom stereocenters. The molecule has 2 heterocycles. The van der Waals surface area contributed by atoms with Crippen molar-refractivity contribution in [3.8, 4) is 0 Å². The number of hydrogen-bond donors (Lipinski definition) is 0. The van der Waals surface area contributed by atoms with Gasteiger partial charge in [-0.2, -0.15) is 0 Å². The summed E-state index contributed by atoms with van der Waals surface area (Å²) in [6.45, 7) is 4.94. The van der Waals surface area contributed by atoms with Crippen LogP contribution in [0.25, 0.3) is 0 Å². The van der Waals surface area contributed by atoms with Gasteiger partial charge in [0.2, 0.25) is 0 Å². The fourth-order valence-corrected chi connectivity index (χ4v) is 3.83. The second-order valence-corrected chi connectivity index (χ2v) is 7.30. The molecule has 0 amide bonds. The molecule has 4 rings (SSSR count). The minimum Gasteiger partial charge on any atom is -0.368 e.